The Labute approximate surface area is 185 Å². The number of benzene rings is 1. The molecule has 2 aromatic heterocycles. The van der Waals surface area contributed by atoms with Gasteiger partial charge in [0.25, 0.3) is 5.91 Å². The molecule has 3 heterocycles. The van der Waals surface area contributed by atoms with Crippen LogP contribution in [0.25, 0.3) is 5.69 Å². The molecular formula is C22H24ClN7O. The Morgan fingerprint density at radius 2 is 1.74 bits per heavy atom. The molecule has 1 aliphatic heterocycles. The number of carbonyl (C=O) groups excluding carboxylic acids is 1. The number of nitrogens with zero attached hydrogens (tertiary/aromatic N) is 5. The summed E-state index contributed by atoms with van der Waals surface area (Å²) in [4.78, 5) is 22.9. The van der Waals surface area contributed by atoms with Crippen LogP contribution in [0.15, 0.2) is 41.5 Å². The molecule has 1 aliphatic rings. The summed E-state index contributed by atoms with van der Waals surface area (Å²) in [6.45, 7) is 5.83. The van der Waals surface area contributed by atoms with Crippen LogP contribution in [-0.4, -0.2) is 39.7 Å². The predicted octanol–water partition coefficient (Wildman–Crippen LogP) is 3.48. The minimum Gasteiger partial charge on any atom is -0.368 e. The van der Waals surface area contributed by atoms with Crippen molar-refractivity contribution in [2.45, 2.75) is 26.7 Å². The molecule has 0 bridgehead atoms. The zero-order chi connectivity index (χ0) is 22.0. The van der Waals surface area contributed by atoms with Gasteiger partial charge in [-0.25, -0.2) is 10.4 Å². The molecular weight excluding hydrogens is 414 g/mol. The number of rotatable bonds is 5. The number of hydrazone groups is 1. The Morgan fingerprint density at radius 3 is 2.39 bits per heavy atom. The molecule has 9 heteroatoms. The lowest BCUT2D eigenvalue weighted by Gasteiger charge is -2.19. The highest BCUT2D eigenvalue weighted by molar-refractivity contribution is 6.32. The number of anilines is 2. The molecule has 31 heavy (non-hydrogen) atoms. The van der Waals surface area contributed by atoms with E-state index in [1.165, 1.54) is 6.21 Å². The van der Waals surface area contributed by atoms with Crippen LogP contribution in [0.4, 0.5) is 11.8 Å². The number of hydrogen-bond acceptors (Lipinski definition) is 6. The minimum absolute atomic E-state index is 0.112. The van der Waals surface area contributed by atoms with Crippen molar-refractivity contribution in [1.82, 2.24) is 20.0 Å². The number of aromatic nitrogens is 3. The lowest BCUT2D eigenvalue weighted by atomic mass is 10.2. The van der Waals surface area contributed by atoms with Gasteiger partial charge in [-0.1, -0.05) is 11.6 Å². The van der Waals surface area contributed by atoms with Gasteiger partial charge in [0.1, 0.15) is 11.0 Å². The lowest BCUT2D eigenvalue weighted by Crippen LogP contribution is -2.23. The zero-order valence-corrected chi connectivity index (χ0v) is 18.2. The third-order valence-corrected chi connectivity index (χ3v) is 5.61. The van der Waals surface area contributed by atoms with Gasteiger partial charge in [0, 0.05) is 35.7 Å². The number of amides is 1. The summed E-state index contributed by atoms with van der Waals surface area (Å²) in [7, 11) is 0. The summed E-state index contributed by atoms with van der Waals surface area (Å²) in [6, 6.07) is 11.5. The summed E-state index contributed by atoms with van der Waals surface area (Å²) in [5.74, 6) is 0.426. The number of aryl methyl sites for hydroxylation is 2. The molecule has 0 unspecified atom stereocenters. The fourth-order valence-corrected chi connectivity index (χ4v) is 4.01. The molecule has 4 rings (SSSR count). The maximum Gasteiger partial charge on any atom is 0.271 e. The third kappa shape index (κ3) is 4.39. The average Bonchev–Trinajstić information content (AvgIpc) is 3.39. The Bertz CT molecular complexity index is 1110. The van der Waals surface area contributed by atoms with Crippen molar-refractivity contribution in [3.63, 3.8) is 0 Å². The minimum atomic E-state index is -0.320. The monoisotopic (exact) mass is 437 g/mol. The summed E-state index contributed by atoms with van der Waals surface area (Å²) < 4.78 is 2.13. The van der Waals surface area contributed by atoms with Crippen LogP contribution in [0.5, 0.6) is 0 Å². The van der Waals surface area contributed by atoms with E-state index in [1.54, 1.807) is 12.1 Å². The Balaban J connectivity index is 1.49. The van der Waals surface area contributed by atoms with E-state index in [9.17, 15) is 4.79 Å². The molecule has 1 aromatic carbocycles. The van der Waals surface area contributed by atoms with Crippen LogP contribution < -0.4 is 16.1 Å². The normalized spacial score (nSPS) is 13.8. The predicted molar refractivity (Wildman–Crippen MR) is 123 cm³/mol. The van der Waals surface area contributed by atoms with Crippen molar-refractivity contribution in [3.05, 3.63) is 64.1 Å². The number of hydrogen-bond donors (Lipinski definition) is 2. The van der Waals surface area contributed by atoms with Crippen molar-refractivity contribution in [3.8, 4) is 5.69 Å². The topological polar surface area (TPSA) is 101 Å². The van der Waals surface area contributed by atoms with Gasteiger partial charge in [-0.3, -0.25) is 4.79 Å². The molecule has 0 atom stereocenters. The largest absolute Gasteiger partial charge is 0.368 e. The van der Waals surface area contributed by atoms with Gasteiger partial charge in [-0.05, 0) is 63.1 Å². The van der Waals surface area contributed by atoms with E-state index >= 15 is 0 Å². The van der Waals surface area contributed by atoms with E-state index in [0.29, 0.717) is 16.9 Å². The van der Waals surface area contributed by atoms with Crippen LogP contribution in [0.3, 0.4) is 0 Å². The second kappa shape index (κ2) is 8.77. The van der Waals surface area contributed by atoms with Gasteiger partial charge in [0.2, 0.25) is 5.95 Å². The first-order chi connectivity index (χ1) is 14.9. The van der Waals surface area contributed by atoms with E-state index in [1.807, 2.05) is 26.0 Å². The highest BCUT2D eigenvalue weighted by Crippen LogP contribution is 2.26. The number of nitrogens with two attached hydrogens (primary N) is 1. The molecule has 1 saturated heterocycles. The summed E-state index contributed by atoms with van der Waals surface area (Å²) in [5, 5.41) is 4.28. The Hall–Kier alpha value is -3.39. The van der Waals surface area contributed by atoms with Gasteiger partial charge in [-0.2, -0.15) is 10.1 Å². The van der Waals surface area contributed by atoms with Gasteiger partial charge < -0.3 is 15.2 Å². The average molecular weight is 438 g/mol. The quantitative estimate of drug-likeness (QED) is 0.361. The molecule has 0 radical (unpaired) electrons. The van der Waals surface area contributed by atoms with Gasteiger partial charge >= 0.3 is 0 Å². The van der Waals surface area contributed by atoms with E-state index in [0.717, 1.165) is 43.0 Å². The molecule has 0 spiro atoms. The van der Waals surface area contributed by atoms with Crippen molar-refractivity contribution in [2.75, 3.05) is 23.7 Å². The molecule has 160 valence electrons. The second-order valence-corrected chi connectivity index (χ2v) is 7.86. The van der Waals surface area contributed by atoms with Crippen LogP contribution in [-0.2, 0) is 0 Å². The summed E-state index contributed by atoms with van der Waals surface area (Å²) >= 11 is 6.27. The molecule has 0 saturated carbocycles. The maximum atomic E-state index is 12.5. The van der Waals surface area contributed by atoms with Crippen LogP contribution in [0, 0.1) is 13.8 Å². The standard InChI is InChI=1S/C22H24ClN7O/c1-14-5-6-15(2)30(14)17-9-7-16(8-10-17)21(31)28-25-13-18-19(23)26-22(24)27-20(18)29-11-3-4-12-29/h5-10,13H,3-4,11-12H2,1-2H3,(H,28,31)(H2,24,26,27)/b25-13+. The summed E-state index contributed by atoms with van der Waals surface area (Å²) in [6.07, 6.45) is 3.62. The Kier molecular flexibility index (Phi) is 5.90. The lowest BCUT2D eigenvalue weighted by molar-refractivity contribution is 0.0955. The number of nitrogen functional groups attached to an aromatic ring is 1. The summed E-state index contributed by atoms with van der Waals surface area (Å²) in [5.41, 5.74) is 12.6. The van der Waals surface area contributed by atoms with Crippen molar-refractivity contribution in [1.29, 1.82) is 0 Å². The van der Waals surface area contributed by atoms with E-state index in [4.69, 9.17) is 17.3 Å². The van der Waals surface area contributed by atoms with E-state index < -0.39 is 0 Å². The maximum absolute atomic E-state index is 12.5. The fourth-order valence-electron chi connectivity index (χ4n) is 3.79. The Morgan fingerprint density at radius 1 is 1.10 bits per heavy atom. The highest BCUT2D eigenvalue weighted by atomic mass is 35.5. The SMILES string of the molecule is Cc1ccc(C)n1-c1ccc(C(=O)N/N=C/c2c(Cl)nc(N)nc2N2CCCC2)cc1. The van der Waals surface area contributed by atoms with Crippen molar-refractivity contribution >= 4 is 35.5 Å². The van der Waals surface area contributed by atoms with Crippen LogP contribution in [0.1, 0.15) is 40.2 Å². The first-order valence-electron chi connectivity index (χ1n) is 10.1. The van der Waals surface area contributed by atoms with E-state index in [2.05, 4.69) is 42.1 Å². The van der Waals surface area contributed by atoms with Crippen LogP contribution >= 0.6 is 11.6 Å². The second-order valence-electron chi connectivity index (χ2n) is 7.50. The van der Waals surface area contributed by atoms with Crippen molar-refractivity contribution < 1.29 is 4.79 Å². The molecule has 8 nitrogen and oxygen atoms in total. The third-order valence-electron chi connectivity index (χ3n) is 5.32. The zero-order valence-electron chi connectivity index (χ0n) is 17.5. The molecule has 1 amide bonds. The first-order valence-corrected chi connectivity index (χ1v) is 10.5. The number of carbonyl (C=O) groups is 1. The van der Waals surface area contributed by atoms with Gasteiger partial charge in [0.05, 0.1) is 11.8 Å². The molecule has 3 aromatic rings. The first kappa shape index (κ1) is 20.9. The molecule has 3 N–H and O–H groups in total. The fraction of sp³-hybridized carbons (Fsp3) is 0.273. The number of halogens is 1. The van der Waals surface area contributed by atoms with Crippen molar-refractivity contribution in [2.24, 2.45) is 5.10 Å². The molecule has 0 aliphatic carbocycles. The van der Waals surface area contributed by atoms with Crippen LogP contribution in [0.2, 0.25) is 5.15 Å². The highest BCUT2D eigenvalue weighted by Gasteiger charge is 2.20. The van der Waals surface area contributed by atoms with Gasteiger partial charge in [0.15, 0.2) is 0 Å². The van der Waals surface area contributed by atoms with Gasteiger partial charge in [-0.15, -0.1) is 0 Å². The smallest absolute Gasteiger partial charge is 0.271 e. The van der Waals surface area contributed by atoms with E-state index in [-0.39, 0.29) is 17.0 Å². The number of nitrogens with one attached hydrogen (secondary N) is 1. The molecule has 1 fully saturated rings.